The van der Waals surface area contributed by atoms with Crippen LogP contribution in [-0.4, -0.2) is 44.5 Å². The van der Waals surface area contributed by atoms with Crippen LogP contribution in [0.15, 0.2) is 30.3 Å². The molecule has 1 aliphatic rings. The second-order valence-corrected chi connectivity index (χ2v) is 14.6. The van der Waals surface area contributed by atoms with Gasteiger partial charge in [-0.15, -0.1) is 23.5 Å². The molecule has 0 aliphatic carbocycles. The summed E-state index contributed by atoms with van der Waals surface area (Å²) in [5, 5.41) is 0. The van der Waals surface area contributed by atoms with Gasteiger partial charge in [0, 0.05) is 23.6 Å². The van der Waals surface area contributed by atoms with Crippen molar-refractivity contribution >= 4 is 23.5 Å². The SMILES string of the molecule is CCCCOc1cc(OCCCC)c(C2(CCc3ccc(OCCCC)c(OCCCC)c3)SCCS2)c(OCCCC)c1. The van der Waals surface area contributed by atoms with E-state index in [1.54, 1.807) is 0 Å². The Labute approximate surface area is 276 Å². The lowest BCUT2D eigenvalue weighted by molar-refractivity contribution is 0.261. The van der Waals surface area contributed by atoms with Crippen LogP contribution in [-0.2, 0) is 10.5 Å². The summed E-state index contributed by atoms with van der Waals surface area (Å²) in [5.41, 5.74) is 2.47. The van der Waals surface area contributed by atoms with Crippen LogP contribution in [0.3, 0.4) is 0 Å². The van der Waals surface area contributed by atoms with Crippen molar-refractivity contribution in [1.29, 1.82) is 0 Å². The number of unbranched alkanes of at least 4 members (excludes halogenated alkanes) is 5. The summed E-state index contributed by atoms with van der Waals surface area (Å²) >= 11 is 4.08. The predicted octanol–water partition coefficient (Wildman–Crippen LogP) is 10.8. The molecule has 248 valence electrons. The van der Waals surface area contributed by atoms with E-state index in [9.17, 15) is 0 Å². The van der Waals surface area contributed by atoms with Crippen LogP contribution in [0.25, 0.3) is 0 Å². The zero-order valence-corrected chi connectivity index (χ0v) is 29.8. The third-order valence-electron chi connectivity index (χ3n) is 7.71. The van der Waals surface area contributed by atoms with Gasteiger partial charge in [-0.25, -0.2) is 0 Å². The number of hydrogen-bond donors (Lipinski definition) is 0. The molecule has 2 aromatic rings. The number of hydrogen-bond acceptors (Lipinski definition) is 7. The fraction of sp³-hybridized carbons (Fsp3) is 0.676. The van der Waals surface area contributed by atoms with Crippen LogP contribution in [0.2, 0.25) is 0 Å². The van der Waals surface area contributed by atoms with E-state index in [1.807, 2.05) is 23.5 Å². The molecular weight excluding hydrogens is 589 g/mol. The van der Waals surface area contributed by atoms with Gasteiger partial charge in [-0.3, -0.25) is 0 Å². The zero-order chi connectivity index (χ0) is 31.5. The quantitative estimate of drug-likeness (QED) is 0.105. The molecule has 0 N–H and O–H groups in total. The third-order valence-corrected chi connectivity index (χ3v) is 11.2. The van der Waals surface area contributed by atoms with Gasteiger partial charge in [0.05, 0.1) is 42.7 Å². The molecule has 7 heteroatoms. The molecule has 3 rings (SSSR count). The summed E-state index contributed by atoms with van der Waals surface area (Å²) in [4.78, 5) is 0. The van der Waals surface area contributed by atoms with Crippen molar-refractivity contribution < 1.29 is 23.7 Å². The first-order valence-corrected chi connectivity index (χ1v) is 19.3. The van der Waals surface area contributed by atoms with Gasteiger partial charge in [0.1, 0.15) is 17.2 Å². The van der Waals surface area contributed by atoms with Crippen molar-refractivity contribution in [2.45, 2.75) is 116 Å². The summed E-state index contributed by atoms with van der Waals surface area (Å²) in [6.45, 7) is 14.5. The van der Waals surface area contributed by atoms with Crippen LogP contribution in [0.5, 0.6) is 28.7 Å². The van der Waals surface area contributed by atoms with E-state index in [4.69, 9.17) is 23.7 Å². The minimum atomic E-state index is -0.162. The maximum absolute atomic E-state index is 6.57. The van der Waals surface area contributed by atoms with E-state index in [2.05, 4.69) is 65.0 Å². The van der Waals surface area contributed by atoms with Crippen LogP contribution in [0.1, 0.15) is 116 Å². The fourth-order valence-electron chi connectivity index (χ4n) is 5.01. The molecule has 5 nitrogen and oxygen atoms in total. The highest BCUT2D eigenvalue weighted by atomic mass is 32.2. The molecule has 0 amide bonds. The summed E-state index contributed by atoms with van der Waals surface area (Å²) in [7, 11) is 0. The Morgan fingerprint density at radius 1 is 0.545 bits per heavy atom. The molecule has 1 fully saturated rings. The Kier molecular flexibility index (Phi) is 17.5. The van der Waals surface area contributed by atoms with Crippen molar-refractivity contribution in [1.82, 2.24) is 0 Å². The largest absolute Gasteiger partial charge is 0.493 e. The third kappa shape index (κ3) is 11.5. The topological polar surface area (TPSA) is 46.2 Å². The summed E-state index contributed by atoms with van der Waals surface area (Å²) in [6, 6.07) is 10.8. The number of rotatable bonds is 24. The lowest BCUT2D eigenvalue weighted by Gasteiger charge is -2.32. The maximum atomic E-state index is 6.57. The molecule has 2 aromatic carbocycles. The highest BCUT2D eigenvalue weighted by Gasteiger charge is 2.42. The van der Waals surface area contributed by atoms with Crippen molar-refractivity contribution in [3.8, 4) is 28.7 Å². The standard InChI is InChI=1S/C37H58O5S2/c1-6-11-20-38-31-28-34(41-23-14-9-4)36(35(29-31)42-24-15-10-5)37(43-25-26-44-37)19-18-30-16-17-32(39-21-12-7-2)33(27-30)40-22-13-8-3/h16-17,27-29H,6-15,18-26H2,1-5H3. The number of aryl methyl sites for hydroxylation is 1. The highest BCUT2D eigenvalue weighted by Crippen LogP contribution is 2.60. The second kappa shape index (κ2) is 21.0. The fourth-order valence-corrected chi connectivity index (χ4v) is 8.35. The number of benzene rings is 2. The Hall–Kier alpha value is -1.86. The van der Waals surface area contributed by atoms with E-state index in [0.717, 1.165) is 124 Å². The minimum absolute atomic E-state index is 0.162. The van der Waals surface area contributed by atoms with Gasteiger partial charge in [0.15, 0.2) is 11.5 Å². The molecule has 0 atom stereocenters. The Bertz CT molecular complexity index is 1040. The van der Waals surface area contributed by atoms with Gasteiger partial charge in [-0.05, 0) is 62.6 Å². The molecule has 0 unspecified atom stereocenters. The molecular formula is C37H58O5S2. The van der Waals surface area contributed by atoms with Crippen molar-refractivity contribution in [3.63, 3.8) is 0 Å². The minimum Gasteiger partial charge on any atom is -0.493 e. The molecule has 1 aliphatic heterocycles. The van der Waals surface area contributed by atoms with Crippen molar-refractivity contribution in [2.24, 2.45) is 0 Å². The van der Waals surface area contributed by atoms with E-state index in [0.29, 0.717) is 26.4 Å². The van der Waals surface area contributed by atoms with Gasteiger partial charge in [-0.2, -0.15) is 0 Å². The Morgan fingerprint density at radius 2 is 1.00 bits per heavy atom. The maximum Gasteiger partial charge on any atom is 0.161 e. The number of thioether (sulfide) groups is 2. The van der Waals surface area contributed by atoms with Gasteiger partial charge >= 0.3 is 0 Å². The molecule has 0 radical (unpaired) electrons. The van der Waals surface area contributed by atoms with Crippen LogP contribution >= 0.6 is 23.5 Å². The average Bonchev–Trinajstić information content (AvgIpc) is 3.51. The van der Waals surface area contributed by atoms with Crippen molar-refractivity contribution in [2.75, 3.05) is 44.5 Å². The molecule has 0 saturated carbocycles. The second-order valence-electron chi connectivity index (χ2n) is 11.5. The van der Waals surface area contributed by atoms with Gasteiger partial charge in [0.25, 0.3) is 0 Å². The monoisotopic (exact) mass is 646 g/mol. The lowest BCUT2D eigenvalue weighted by atomic mass is 10.00. The van der Waals surface area contributed by atoms with Crippen LogP contribution in [0, 0.1) is 0 Å². The van der Waals surface area contributed by atoms with Crippen LogP contribution in [0.4, 0.5) is 0 Å². The summed E-state index contributed by atoms with van der Waals surface area (Å²) in [6.07, 6.45) is 12.6. The summed E-state index contributed by atoms with van der Waals surface area (Å²) < 4.78 is 31.6. The van der Waals surface area contributed by atoms with Gasteiger partial charge < -0.3 is 23.7 Å². The molecule has 0 aromatic heterocycles. The Balaban J connectivity index is 1.95. The molecule has 0 bridgehead atoms. The van der Waals surface area contributed by atoms with E-state index in [1.165, 1.54) is 11.1 Å². The normalized spacial score (nSPS) is 14.0. The number of ether oxygens (including phenoxy) is 5. The molecule has 1 heterocycles. The van der Waals surface area contributed by atoms with Gasteiger partial charge in [0.2, 0.25) is 0 Å². The summed E-state index contributed by atoms with van der Waals surface area (Å²) in [5.74, 6) is 6.63. The first-order valence-electron chi connectivity index (χ1n) is 17.3. The zero-order valence-electron chi connectivity index (χ0n) is 28.2. The first-order chi connectivity index (χ1) is 21.6. The molecule has 0 spiro atoms. The smallest absolute Gasteiger partial charge is 0.161 e. The van der Waals surface area contributed by atoms with Crippen LogP contribution < -0.4 is 23.7 Å². The molecule has 44 heavy (non-hydrogen) atoms. The molecule has 1 saturated heterocycles. The van der Waals surface area contributed by atoms with E-state index in [-0.39, 0.29) is 4.08 Å². The van der Waals surface area contributed by atoms with Crippen molar-refractivity contribution in [3.05, 3.63) is 41.5 Å². The van der Waals surface area contributed by atoms with E-state index < -0.39 is 0 Å². The highest BCUT2D eigenvalue weighted by molar-refractivity contribution is 8.20. The van der Waals surface area contributed by atoms with Gasteiger partial charge in [-0.1, -0.05) is 72.8 Å². The first kappa shape index (κ1) is 36.6. The average molecular weight is 647 g/mol. The lowest BCUT2D eigenvalue weighted by Crippen LogP contribution is -2.20. The predicted molar refractivity (Wildman–Crippen MR) is 190 cm³/mol. The Morgan fingerprint density at radius 3 is 1.50 bits per heavy atom. The van der Waals surface area contributed by atoms with E-state index >= 15 is 0 Å².